The van der Waals surface area contributed by atoms with Crippen LogP contribution in [-0.4, -0.2) is 43.1 Å². The molecule has 0 saturated carbocycles. The van der Waals surface area contributed by atoms with Crippen molar-refractivity contribution in [2.24, 2.45) is 0 Å². The largest absolute Gasteiger partial charge is 0.492 e. The van der Waals surface area contributed by atoms with Crippen LogP contribution in [0.1, 0.15) is 0 Å². The maximum absolute atomic E-state index is 12.1. The summed E-state index contributed by atoms with van der Waals surface area (Å²) in [5, 5.41) is 6.73. The Hall–Kier alpha value is -1.57. The fraction of sp³-hybridized carbons (Fsp3) is 0.250. The molecule has 8 heteroatoms. The Kier molecular flexibility index (Phi) is 4.64. The van der Waals surface area contributed by atoms with Gasteiger partial charge in [0.2, 0.25) is 10.0 Å². The lowest BCUT2D eigenvalue weighted by molar-refractivity contribution is 0.287. The Morgan fingerprint density at radius 1 is 1.35 bits per heavy atom. The second-order valence-corrected chi connectivity index (χ2v) is 6.54. The van der Waals surface area contributed by atoms with Crippen molar-refractivity contribution in [2.45, 2.75) is 4.90 Å². The van der Waals surface area contributed by atoms with Gasteiger partial charge in [-0.05, 0) is 24.3 Å². The predicted octanol–water partition coefficient (Wildman–Crippen LogP) is 1.76. The summed E-state index contributed by atoms with van der Waals surface area (Å²) in [4.78, 5) is 0.131. The minimum absolute atomic E-state index is 0.131. The fourth-order valence-corrected chi connectivity index (χ4v) is 2.69. The van der Waals surface area contributed by atoms with Crippen LogP contribution in [0.15, 0.2) is 41.6 Å². The van der Waals surface area contributed by atoms with Crippen molar-refractivity contribution in [1.29, 1.82) is 0 Å². The van der Waals surface area contributed by atoms with Crippen molar-refractivity contribution >= 4 is 21.6 Å². The van der Waals surface area contributed by atoms with E-state index in [0.717, 1.165) is 0 Å². The molecule has 1 heterocycles. The van der Waals surface area contributed by atoms with Crippen molar-refractivity contribution in [3.63, 3.8) is 0 Å². The van der Waals surface area contributed by atoms with Crippen LogP contribution < -0.4 is 4.74 Å². The van der Waals surface area contributed by atoms with Crippen LogP contribution in [0.2, 0.25) is 5.02 Å². The van der Waals surface area contributed by atoms with Crippen molar-refractivity contribution < 1.29 is 13.2 Å². The predicted molar refractivity (Wildman–Crippen MR) is 75.4 cm³/mol. The molecular formula is C12H14ClN3O3S. The highest BCUT2D eigenvalue weighted by Gasteiger charge is 2.21. The third-order valence-corrected chi connectivity index (χ3v) is 4.74. The number of likely N-dealkylation sites (N-methyl/N-ethyl adjacent to an activating group) is 1. The molecule has 0 radical (unpaired) electrons. The first kappa shape index (κ1) is 14.8. The molecule has 0 aliphatic heterocycles. The van der Waals surface area contributed by atoms with Crippen LogP contribution in [0.5, 0.6) is 5.75 Å². The molecule has 0 amide bonds. The first-order valence-electron chi connectivity index (χ1n) is 5.83. The van der Waals surface area contributed by atoms with E-state index in [1.165, 1.54) is 23.7 Å². The van der Waals surface area contributed by atoms with Crippen LogP contribution in [0.25, 0.3) is 0 Å². The van der Waals surface area contributed by atoms with Gasteiger partial charge < -0.3 is 4.74 Å². The average Bonchev–Trinajstić information content (AvgIpc) is 2.95. The molecule has 2 aromatic rings. The molecule has 108 valence electrons. The molecule has 1 N–H and O–H groups in total. The number of ether oxygens (including phenoxy) is 1. The van der Waals surface area contributed by atoms with E-state index in [9.17, 15) is 8.42 Å². The van der Waals surface area contributed by atoms with E-state index in [1.807, 2.05) is 0 Å². The molecule has 0 bridgehead atoms. The molecule has 0 aliphatic carbocycles. The number of aromatic nitrogens is 2. The normalized spacial score (nSPS) is 11.8. The van der Waals surface area contributed by atoms with E-state index >= 15 is 0 Å². The molecule has 2 rings (SSSR count). The minimum Gasteiger partial charge on any atom is -0.492 e. The van der Waals surface area contributed by atoms with E-state index in [2.05, 4.69) is 10.2 Å². The first-order valence-corrected chi connectivity index (χ1v) is 7.65. The van der Waals surface area contributed by atoms with Gasteiger partial charge in [0.25, 0.3) is 0 Å². The van der Waals surface area contributed by atoms with Crippen molar-refractivity contribution in [2.75, 3.05) is 20.2 Å². The van der Waals surface area contributed by atoms with Crippen LogP contribution >= 0.6 is 11.6 Å². The number of halogens is 1. The smallest absolute Gasteiger partial charge is 0.246 e. The third-order valence-electron chi connectivity index (χ3n) is 2.67. The molecule has 0 fully saturated rings. The van der Waals surface area contributed by atoms with Crippen molar-refractivity contribution in [3.05, 3.63) is 41.7 Å². The van der Waals surface area contributed by atoms with Gasteiger partial charge in [-0.1, -0.05) is 11.6 Å². The summed E-state index contributed by atoms with van der Waals surface area (Å²) in [7, 11) is -2.02. The summed E-state index contributed by atoms with van der Waals surface area (Å²) in [5.41, 5.74) is 0. The zero-order valence-corrected chi connectivity index (χ0v) is 12.4. The number of nitrogens with zero attached hydrogens (tertiary/aromatic N) is 2. The van der Waals surface area contributed by atoms with E-state index in [0.29, 0.717) is 10.8 Å². The quantitative estimate of drug-likeness (QED) is 0.881. The number of hydrogen-bond acceptors (Lipinski definition) is 4. The monoisotopic (exact) mass is 315 g/mol. The summed E-state index contributed by atoms with van der Waals surface area (Å²) < 4.78 is 30.8. The minimum atomic E-state index is -3.52. The van der Waals surface area contributed by atoms with Gasteiger partial charge in [0.05, 0.1) is 6.20 Å². The van der Waals surface area contributed by atoms with Crippen LogP contribution in [0.3, 0.4) is 0 Å². The molecule has 0 aliphatic rings. The SMILES string of the molecule is CN(CCOc1ccc(Cl)cc1)S(=O)(=O)c1cn[nH]c1. The number of nitrogens with one attached hydrogen (secondary N) is 1. The highest BCUT2D eigenvalue weighted by Crippen LogP contribution is 2.16. The molecule has 1 aromatic heterocycles. The lowest BCUT2D eigenvalue weighted by Gasteiger charge is -2.16. The Bertz CT molecular complexity index is 641. The molecule has 6 nitrogen and oxygen atoms in total. The maximum atomic E-state index is 12.1. The van der Waals surface area contributed by atoms with Crippen LogP contribution in [0.4, 0.5) is 0 Å². The lowest BCUT2D eigenvalue weighted by Crippen LogP contribution is -2.30. The van der Waals surface area contributed by atoms with Gasteiger partial charge in [0, 0.05) is 24.8 Å². The van der Waals surface area contributed by atoms with Gasteiger partial charge in [0.15, 0.2) is 0 Å². The van der Waals surface area contributed by atoms with Gasteiger partial charge in [-0.25, -0.2) is 8.42 Å². The van der Waals surface area contributed by atoms with E-state index < -0.39 is 10.0 Å². The fourth-order valence-electron chi connectivity index (χ4n) is 1.50. The molecule has 0 spiro atoms. The zero-order chi connectivity index (χ0) is 14.6. The second-order valence-electron chi connectivity index (χ2n) is 4.06. The Morgan fingerprint density at radius 3 is 2.65 bits per heavy atom. The van der Waals surface area contributed by atoms with Gasteiger partial charge >= 0.3 is 0 Å². The second kappa shape index (κ2) is 6.25. The number of aromatic amines is 1. The van der Waals surface area contributed by atoms with Crippen molar-refractivity contribution in [1.82, 2.24) is 14.5 Å². The standard InChI is InChI=1S/C12H14ClN3O3S/c1-16(20(17,18)12-8-14-15-9-12)6-7-19-11-4-2-10(13)3-5-11/h2-5,8-9H,6-7H2,1H3,(H,14,15). The maximum Gasteiger partial charge on any atom is 0.246 e. The summed E-state index contributed by atoms with van der Waals surface area (Å²) in [6.07, 6.45) is 2.61. The molecule has 0 unspecified atom stereocenters. The summed E-state index contributed by atoms with van der Waals surface area (Å²) in [6, 6.07) is 6.88. The molecule has 1 aromatic carbocycles. The highest BCUT2D eigenvalue weighted by atomic mass is 35.5. The number of hydrogen-bond donors (Lipinski definition) is 1. The van der Waals surface area contributed by atoms with Gasteiger partial charge in [-0.3, -0.25) is 5.10 Å². The molecular weight excluding hydrogens is 302 g/mol. The van der Waals surface area contributed by atoms with Gasteiger partial charge in [-0.15, -0.1) is 0 Å². The van der Waals surface area contributed by atoms with E-state index in [-0.39, 0.29) is 18.0 Å². The van der Waals surface area contributed by atoms with E-state index in [1.54, 1.807) is 24.3 Å². The Labute approximate surface area is 122 Å². The lowest BCUT2D eigenvalue weighted by atomic mass is 10.3. The van der Waals surface area contributed by atoms with Crippen LogP contribution in [-0.2, 0) is 10.0 Å². The summed E-state index contributed by atoms with van der Waals surface area (Å²) >= 11 is 5.76. The topological polar surface area (TPSA) is 75.3 Å². The number of rotatable bonds is 6. The number of sulfonamides is 1. The van der Waals surface area contributed by atoms with Gasteiger partial charge in [0.1, 0.15) is 17.3 Å². The molecule has 20 heavy (non-hydrogen) atoms. The Balaban J connectivity index is 1.89. The van der Waals surface area contributed by atoms with Gasteiger partial charge in [-0.2, -0.15) is 9.40 Å². The highest BCUT2D eigenvalue weighted by molar-refractivity contribution is 7.89. The third kappa shape index (κ3) is 3.50. The first-order chi connectivity index (χ1) is 9.50. The zero-order valence-electron chi connectivity index (χ0n) is 10.8. The van der Waals surface area contributed by atoms with E-state index in [4.69, 9.17) is 16.3 Å². The average molecular weight is 316 g/mol. The molecule has 0 atom stereocenters. The molecule has 0 saturated heterocycles. The summed E-state index contributed by atoms with van der Waals surface area (Å²) in [5.74, 6) is 0.642. The van der Waals surface area contributed by atoms with Crippen LogP contribution in [0, 0.1) is 0 Å². The number of H-pyrrole nitrogens is 1. The summed E-state index contributed by atoms with van der Waals surface area (Å²) in [6.45, 7) is 0.478. The number of benzene rings is 1. The Morgan fingerprint density at radius 2 is 2.05 bits per heavy atom. The van der Waals surface area contributed by atoms with Crippen molar-refractivity contribution in [3.8, 4) is 5.75 Å².